The fourth-order valence-corrected chi connectivity index (χ4v) is 5.59. The van der Waals surface area contributed by atoms with Crippen molar-refractivity contribution in [2.45, 2.75) is 30.6 Å². The molecule has 0 heterocycles. The normalized spacial score (nSPS) is 12.7. The zero-order chi connectivity index (χ0) is 26.7. The number of phenolic OH excluding ortho intramolecular Hbond substituents is 3. The molecule has 4 rings (SSSR count). The third-order valence-electron chi connectivity index (χ3n) is 5.59. The van der Waals surface area contributed by atoms with Crippen molar-refractivity contribution in [2.24, 2.45) is 10.2 Å². The van der Waals surface area contributed by atoms with Crippen LogP contribution in [0.25, 0.3) is 21.5 Å². The van der Waals surface area contributed by atoms with Crippen LogP contribution in [0.2, 0.25) is 0 Å². The molecule has 0 aliphatic rings. The van der Waals surface area contributed by atoms with Crippen LogP contribution >= 0.6 is 0 Å². The van der Waals surface area contributed by atoms with Crippen LogP contribution in [0.1, 0.15) is 16.7 Å². The minimum absolute atomic E-state index is 0.131. The van der Waals surface area contributed by atoms with E-state index >= 15 is 0 Å². The van der Waals surface area contributed by atoms with Gasteiger partial charge in [0.2, 0.25) is 0 Å². The molecule has 188 valence electrons. The Morgan fingerprint density at radius 1 is 0.639 bits per heavy atom. The minimum atomic E-state index is -4.97. The zero-order valence-electron chi connectivity index (χ0n) is 19.0. The van der Waals surface area contributed by atoms with Crippen molar-refractivity contribution in [1.29, 1.82) is 0 Å². The highest BCUT2D eigenvalue weighted by Crippen LogP contribution is 2.46. The van der Waals surface area contributed by atoms with E-state index < -0.39 is 46.9 Å². The van der Waals surface area contributed by atoms with Crippen LogP contribution in [0.3, 0.4) is 0 Å². The number of azo groups is 1. The Kier molecular flexibility index (Phi) is 5.92. The molecule has 0 saturated heterocycles. The summed E-state index contributed by atoms with van der Waals surface area (Å²) in [5, 5.41) is 39.3. The van der Waals surface area contributed by atoms with Crippen LogP contribution in [-0.2, 0) is 20.2 Å². The lowest BCUT2D eigenvalue weighted by molar-refractivity contribution is 0.471. The molecule has 0 atom stereocenters. The summed E-state index contributed by atoms with van der Waals surface area (Å²) in [6.07, 6.45) is 0. The Hall–Kier alpha value is -3.78. The van der Waals surface area contributed by atoms with Gasteiger partial charge in [0.1, 0.15) is 32.7 Å². The molecule has 0 unspecified atom stereocenters. The van der Waals surface area contributed by atoms with Crippen LogP contribution in [0.4, 0.5) is 11.4 Å². The average Bonchev–Trinajstić information content (AvgIpc) is 2.73. The summed E-state index contributed by atoms with van der Waals surface area (Å²) in [5.74, 6) is -1.46. The maximum absolute atomic E-state index is 12.1. The summed E-state index contributed by atoms with van der Waals surface area (Å²) in [5.41, 5.74) is 0.768. The van der Waals surface area contributed by atoms with Crippen LogP contribution in [0, 0.1) is 20.8 Å². The molecule has 13 heteroatoms. The van der Waals surface area contributed by atoms with Gasteiger partial charge in [0.25, 0.3) is 20.2 Å². The predicted octanol–water partition coefficient (Wildman–Crippen LogP) is 4.94. The highest BCUT2D eigenvalue weighted by atomic mass is 32.2. The molecule has 0 saturated carbocycles. The van der Waals surface area contributed by atoms with Crippen molar-refractivity contribution in [1.82, 2.24) is 0 Å². The molecule has 36 heavy (non-hydrogen) atoms. The average molecular weight is 533 g/mol. The molecule has 4 aromatic rings. The van der Waals surface area contributed by atoms with E-state index in [4.69, 9.17) is 0 Å². The highest BCUT2D eigenvalue weighted by molar-refractivity contribution is 7.86. The van der Waals surface area contributed by atoms with Gasteiger partial charge >= 0.3 is 0 Å². The first kappa shape index (κ1) is 25.3. The first-order chi connectivity index (χ1) is 16.6. The minimum Gasteiger partial charge on any atom is -0.507 e. The fraction of sp³-hybridized carbons (Fsp3) is 0.130. The van der Waals surface area contributed by atoms with Crippen molar-refractivity contribution in [3.8, 4) is 17.2 Å². The number of hydrogen-bond donors (Lipinski definition) is 5. The molecule has 4 aromatic carbocycles. The van der Waals surface area contributed by atoms with Gasteiger partial charge in [-0.3, -0.25) is 9.11 Å². The fourth-order valence-electron chi connectivity index (χ4n) is 4.09. The summed E-state index contributed by atoms with van der Waals surface area (Å²) < 4.78 is 67.7. The van der Waals surface area contributed by atoms with Crippen LogP contribution in [-0.4, -0.2) is 41.3 Å². The Morgan fingerprint density at radius 2 is 1.22 bits per heavy atom. The number of fused-ring (bicyclic) bond motifs is 2. The van der Waals surface area contributed by atoms with Crippen LogP contribution in [0.15, 0.2) is 56.4 Å². The molecular formula is C23H20N2O9S2. The van der Waals surface area contributed by atoms with E-state index in [0.717, 1.165) is 17.7 Å². The van der Waals surface area contributed by atoms with E-state index in [1.165, 1.54) is 25.1 Å². The molecule has 0 aliphatic carbocycles. The molecular weight excluding hydrogens is 512 g/mol. The summed E-state index contributed by atoms with van der Waals surface area (Å²) in [7, 11) is -9.92. The number of benzene rings is 4. The number of hydrogen-bond acceptors (Lipinski definition) is 9. The number of nitrogens with zero attached hydrogens (tertiary/aromatic N) is 2. The van der Waals surface area contributed by atoms with Crippen molar-refractivity contribution >= 4 is 53.2 Å². The second kappa shape index (κ2) is 8.41. The van der Waals surface area contributed by atoms with Crippen molar-refractivity contribution in [2.75, 3.05) is 0 Å². The summed E-state index contributed by atoms with van der Waals surface area (Å²) >= 11 is 0. The largest absolute Gasteiger partial charge is 0.507 e. The van der Waals surface area contributed by atoms with Gasteiger partial charge in [-0.05, 0) is 73.2 Å². The van der Waals surface area contributed by atoms with E-state index in [9.17, 15) is 41.3 Å². The maximum atomic E-state index is 12.1. The third kappa shape index (κ3) is 4.33. The standard InChI is InChI=1S/C23H20N2O9S2/c1-10-4-13-12(3)8-17(27)22(20(13)16(26)6-10)25-24-15-9-18(35(29,30)31)14-5-11(2)7-19(36(32,33)34)21(14)23(15)28/h4-9,26-28H,1-3H3,(H,29,30,31)(H,32,33,34). The Bertz CT molecular complexity index is 1850. The Labute approximate surface area is 205 Å². The topological polar surface area (TPSA) is 194 Å². The molecule has 5 N–H and O–H groups in total. The van der Waals surface area contributed by atoms with Gasteiger partial charge in [-0.15, -0.1) is 10.2 Å². The molecule has 0 aliphatic heterocycles. The van der Waals surface area contributed by atoms with Crippen LogP contribution in [0.5, 0.6) is 17.2 Å². The van der Waals surface area contributed by atoms with Crippen molar-refractivity contribution in [3.63, 3.8) is 0 Å². The second-order valence-corrected chi connectivity index (χ2v) is 11.1. The molecule has 0 bridgehead atoms. The van der Waals surface area contributed by atoms with Gasteiger partial charge in [-0.1, -0.05) is 6.07 Å². The van der Waals surface area contributed by atoms with E-state index in [0.29, 0.717) is 10.9 Å². The van der Waals surface area contributed by atoms with Crippen LogP contribution < -0.4 is 0 Å². The number of rotatable bonds is 4. The van der Waals surface area contributed by atoms with Gasteiger partial charge in [-0.25, -0.2) is 0 Å². The lowest BCUT2D eigenvalue weighted by Gasteiger charge is -2.13. The molecule has 11 nitrogen and oxygen atoms in total. The summed E-state index contributed by atoms with van der Waals surface area (Å²) in [6, 6.07) is 7.53. The van der Waals surface area contributed by atoms with Gasteiger partial charge in [-0.2, -0.15) is 16.8 Å². The quantitative estimate of drug-likeness (QED) is 0.179. The second-order valence-electron chi connectivity index (χ2n) is 8.35. The third-order valence-corrected chi connectivity index (χ3v) is 7.36. The first-order valence-corrected chi connectivity index (χ1v) is 13.1. The van der Waals surface area contributed by atoms with Gasteiger partial charge in [0, 0.05) is 10.8 Å². The lowest BCUT2D eigenvalue weighted by Crippen LogP contribution is -2.04. The van der Waals surface area contributed by atoms with E-state index in [1.54, 1.807) is 19.9 Å². The first-order valence-electron chi connectivity index (χ1n) is 10.2. The van der Waals surface area contributed by atoms with Crippen molar-refractivity contribution in [3.05, 3.63) is 53.1 Å². The Morgan fingerprint density at radius 3 is 1.83 bits per heavy atom. The zero-order valence-corrected chi connectivity index (χ0v) is 20.7. The molecule has 0 spiro atoms. The van der Waals surface area contributed by atoms with Crippen molar-refractivity contribution < 1.29 is 41.3 Å². The smallest absolute Gasteiger partial charge is 0.295 e. The molecule has 0 fully saturated rings. The molecule has 0 radical (unpaired) electrons. The number of aromatic hydroxyl groups is 3. The molecule has 0 aromatic heterocycles. The monoisotopic (exact) mass is 532 g/mol. The Balaban J connectivity index is 2.09. The summed E-state index contributed by atoms with van der Waals surface area (Å²) in [6.45, 7) is 4.88. The number of phenols is 3. The maximum Gasteiger partial charge on any atom is 0.295 e. The van der Waals surface area contributed by atoms with E-state index in [-0.39, 0.29) is 33.5 Å². The van der Waals surface area contributed by atoms with Gasteiger partial charge in [0.15, 0.2) is 5.75 Å². The van der Waals surface area contributed by atoms with Gasteiger partial charge in [0.05, 0.1) is 5.39 Å². The number of aryl methyl sites for hydroxylation is 3. The van der Waals surface area contributed by atoms with Gasteiger partial charge < -0.3 is 15.3 Å². The van der Waals surface area contributed by atoms with E-state index in [1.807, 2.05) is 0 Å². The lowest BCUT2D eigenvalue weighted by atomic mass is 10.00. The SMILES string of the molecule is Cc1cc(S(=O)(=O)O)c2c(O)c(N=Nc3c(O)cc(C)c4cc(C)cc(O)c34)cc(S(=O)(=O)O)c2c1. The van der Waals surface area contributed by atoms with E-state index in [2.05, 4.69) is 10.2 Å². The predicted molar refractivity (Wildman–Crippen MR) is 131 cm³/mol. The summed E-state index contributed by atoms with van der Waals surface area (Å²) in [4.78, 5) is -1.61. The molecule has 0 amide bonds. The highest BCUT2D eigenvalue weighted by Gasteiger charge is 2.26.